The van der Waals surface area contributed by atoms with Crippen molar-refractivity contribution >= 4 is 15.9 Å². The zero-order valence-corrected chi connectivity index (χ0v) is 14.3. The summed E-state index contributed by atoms with van der Waals surface area (Å²) in [6.45, 7) is 6.16. The fourth-order valence-electron chi connectivity index (χ4n) is 2.73. The Kier molecular flexibility index (Phi) is 5.97. The van der Waals surface area contributed by atoms with E-state index in [1.165, 1.54) is 11.1 Å². The molecule has 2 aromatic carbocycles. The first-order valence-corrected chi connectivity index (χ1v) is 8.20. The van der Waals surface area contributed by atoms with Crippen LogP contribution < -0.4 is 5.73 Å². The van der Waals surface area contributed by atoms with Crippen LogP contribution in [0.15, 0.2) is 59.1 Å². The molecule has 0 bridgehead atoms. The van der Waals surface area contributed by atoms with E-state index in [9.17, 15) is 0 Å². The van der Waals surface area contributed by atoms with Gasteiger partial charge in [-0.1, -0.05) is 65.3 Å². The fourth-order valence-corrected chi connectivity index (χ4v) is 3.00. The highest BCUT2D eigenvalue weighted by Crippen LogP contribution is 2.26. The van der Waals surface area contributed by atoms with Crippen LogP contribution in [0.2, 0.25) is 0 Å². The molecule has 3 heteroatoms. The molecule has 2 nitrogen and oxygen atoms in total. The molecule has 0 amide bonds. The van der Waals surface area contributed by atoms with Crippen molar-refractivity contribution in [3.63, 3.8) is 0 Å². The smallest absolute Gasteiger partial charge is 0.0499 e. The number of nitrogens with zero attached hydrogens (tertiary/aromatic N) is 1. The van der Waals surface area contributed by atoms with Gasteiger partial charge in [-0.2, -0.15) is 0 Å². The molecule has 0 saturated carbocycles. The fraction of sp³-hybridized carbons (Fsp3) is 0.333. The van der Waals surface area contributed by atoms with Crippen LogP contribution in [0.4, 0.5) is 0 Å². The lowest BCUT2D eigenvalue weighted by atomic mass is 9.98. The van der Waals surface area contributed by atoms with E-state index in [0.717, 1.165) is 17.6 Å². The summed E-state index contributed by atoms with van der Waals surface area (Å²) in [5.74, 6) is 0. The number of rotatable bonds is 6. The molecule has 2 atom stereocenters. The van der Waals surface area contributed by atoms with E-state index in [-0.39, 0.29) is 12.1 Å². The molecule has 2 aromatic rings. The number of likely N-dealkylation sites (N-methyl/N-ethyl adjacent to an activating group) is 1. The Balaban J connectivity index is 2.24. The van der Waals surface area contributed by atoms with Crippen LogP contribution in [0.1, 0.15) is 31.0 Å². The second kappa shape index (κ2) is 7.74. The van der Waals surface area contributed by atoms with Crippen LogP contribution in [-0.2, 0) is 6.54 Å². The Bertz CT molecular complexity index is 537. The molecule has 2 unspecified atom stereocenters. The summed E-state index contributed by atoms with van der Waals surface area (Å²) in [5.41, 5.74) is 8.87. The first-order valence-electron chi connectivity index (χ1n) is 7.41. The maximum absolute atomic E-state index is 6.28. The van der Waals surface area contributed by atoms with Gasteiger partial charge in [0.2, 0.25) is 0 Å². The third kappa shape index (κ3) is 4.40. The van der Waals surface area contributed by atoms with Gasteiger partial charge in [0, 0.05) is 23.1 Å². The lowest BCUT2D eigenvalue weighted by Crippen LogP contribution is -2.39. The summed E-state index contributed by atoms with van der Waals surface area (Å²) in [7, 11) is 0. The molecule has 0 saturated heterocycles. The summed E-state index contributed by atoms with van der Waals surface area (Å²) in [6, 6.07) is 19.4. The zero-order valence-electron chi connectivity index (χ0n) is 12.7. The predicted octanol–water partition coefficient (Wildman–Crippen LogP) is 4.36. The third-order valence-corrected chi connectivity index (χ3v) is 4.27. The molecule has 0 spiro atoms. The Morgan fingerprint density at radius 3 is 2.19 bits per heavy atom. The predicted molar refractivity (Wildman–Crippen MR) is 93.1 cm³/mol. The van der Waals surface area contributed by atoms with Gasteiger partial charge in [0.05, 0.1) is 0 Å². The Morgan fingerprint density at radius 1 is 1.05 bits per heavy atom. The standard InChI is InChI=1S/C18H23BrN2/c1-3-21(13-15-7-5-4-6-8-15)18(14(2)20)16-9-11-17(19)12-10-16/h4-12,14,18H,3,13,20H2,1-2H3. The first-order chi connectivity index (χ1) is 10.1. The van der Waals surface area contributed by atoms with Crippen molar-refractivity contribution in [1.82, 2.24) is 4.90 Å². The van der Waals surface area contributed by atoms with Gasteiger partial charge in [-0.3, -0.25) is 4.90 Å². The van der Waals surface area contributed by atoms with E-state index in [2.05, 4.69) is 89.3 Å². The second-order valence-corrected chi connectivity index (χ2v) is 6.32. The van der Waals surface area contributed by atoms with E-state index in [1.54, 1.807) is 0 Å². The topological polar surface area (TPSA) is 29.3 Å². The van der Waals surface area contributed by atoms with Crippen LogP contribution in [0.25, 0.3) is 0 Å². The molecule has 0 aliphatic rings. The number of hydrogen-bond acceptors (Lipinski definition) is 2. The number of benzene rings is 2. The molecule has 0 aliphatic carbocycles. The minimum atomic E-state index is 0.0786. The van der Waals surface area contributed by atoms with Gasteiger partial charge < -0.3 is 5.73 Å². The summed E-state index contributed by atoms with van der Waals surface area (Å²) < 4.78 is 1.10. The van der Waals surface area contributed by atoms with Crippen molar-refractivity contribution in [3.05, 3.63) is 70.2 Å². The van der Waals surface area contributed by atoms with E-state index in [0.29, 0.717) is 0 Å². The van der Waals surface area contributed by atoms with Gasteiger partial charge in [0.15, 0.2) is 0 Å². The van der Waals surface area contributed by atoms with Crippen molar-refractivity contribution < 1.29 is 0 Å². The third-order valence-electron chi connectivity index (χ3n) is 3.74. The van der Waals surface area contributed by atoms with Gasteiger partial charge >= 0.3 is 0 Å². The van der Waals surface area contributed by atoms with Gasteiger partial charge in [-0.05, 0) is 36.7 Å². The molecule has 2 N–H and O–H groups in total. The maximum atomic E-state index is 6.28. The summed E-state index contributed by atoms with van der Waals surface area (Å²) >= 11 is 3.49. The Labute approximate surface area is 136 Å². The Hall–Kier alpha value is -1.16. The molecule has 112 valence electrons. The molecular weight excluding hydrogens is 324 g/mol. The lowest BCUT2D eigenvalue weighted by molar-refractivity contribution is 0.177. The molecule has 0 fully saturated rings. The molecule has 0 radical (unpaired) electrons. The van der Waals surface area contributed by atoms with Crippen LogP contribution in [-0.4, -0.2) is 17.5 Å². The number of nitrogens with two attached hydrogens (primary N) is 1. The van der Waals surface area contributed by atoms with Gasteiger partial charge in [0.1, 0.15) is 0 Å². The normalized spacial score (nSPS) is 14.1. The highest BCUT2D eigenvalue weighted by atomic mass is 79.9. The molecule has 0 aromatic heterocycles. The average Bonchev–Trinajstić information content (AvgIpc) is 2.49. The van der Waals surface area contributed by atoms with Crippen LogP contribution in [0.3, 0.4) is 0 Å². The van der Waals surface area contributed by atoms with Gasteiger partial charge in [0.25, 0.3) is 0 Å². The molecule has 2 rings (SSSR count). The number of hydrogen-bond donors (Lipinski definition) is 1. The minimum Gasteiger partial charge on any atom is -0.326 e. The summed E-state index contributed by atoms with van der Waals surface area (Å²) in [4.78, 5) is 2.43. The van der Waals surface area contributed by atoms with E-state index in [4.69, 9.17) is 5.73 Å². The molecular formula is C18H23BrN2. The molecule has 0 aliphatic heterocycles. The quantitative estimate of drug-likeness (QED) is 0.841. The molecule has 21 heavy (non-hydrogen) atoms. The van der Waals surface area contributed by atoms with Gasteiger partial charge in [-0.25, -0.2) is 0 Å². The van der Waals surface area contributed by atoms with Crippen LogP contribution >= 0.6 is 15.9 Å². The van der Waals surface area contributed by atoms with Crippen LogP contribution in [0, 0.1) is 0 Å². The lowest BCUT2D eigenvalue weighted by Gasteiger charge is -2.34. The average molecular weight is 347 g/mol. The highest BCUT2D eigenvalue weighted by Gasteiger charge is 2.23. The van der Waals surface area contributed by atoms with Crippen LogP contribution in [0.5, 0.6) is 0 Å². The Morgan fingerprint density at radius 2 is 1.67 bits per heavy atom. The monoisotopic (exact) mass is 346 g/mol. The van der Waals surface area contributed by atoms with Gasteiger partial charge in [-0.15, -0.1) is 0 Å². The van der Waals surface area contributed by atoms with E-state index < -0.39 is 0 Å². The first kappa shape index (κ1) is 16.2. The second-order valence-electron chi connectivity index (χ2n) is 5.40. The van der Waals surface area contributed by atoms with Crippen molar-refractivity contribution in [3.8, 4) is 0 Å². The SMILES string of the molecule is CCN(Cc1ccccc1)C(c1ccc(Br)cc1)C(C)N. The molecule has 0 heterocycles. The zero-order chi connectivity index (χ0) is 15.2. The number of halogens is 1. The van der Waals surface area contributed by atoms with Crippen molar-refractivity contribution in [2.24, 2.45) is 5.73 Å². The summed E-state index contributed by atoms with van der Waals surface area (Å²) in [6.07, 6.45) is 0. The largest absolute Gasteiger partial charge is 0.326 e. The minimum absolute atomic E-state index is 0.0786. The van der Waals surface area contributed by atoms with Crippen molar-refractivity contribution in [1.29, 1.82) is 0 Å². The highest BCUT2D eigenvalue weighted by molar-refractivity contribution is 9.10. The van der Waals surface area contributed by atoms with Crippen molar-refractivity contribution in [2.75, 3.05) is 6.54 Å². The summed E-state index contributed by atoms with van der Waals surface area (Å²) in [5, 5.41) is 0. The van der Waals surface area contributed by atoms with Crippen molar-refractivity contribution in [2.45, 2.75) is 32.5 Å². The van der Waals surface area contributed by atoms with E-state index in [1.807, 2.05) is 0 Å². The van der Waals surface area contributed by atoms with E-state index >= 15 is 0 Å². The maximum Gasteiger partial charge on any atom is 0.0499 e.